The summed E-state index contributed by atoms with van der Waals surface area (Å²) in [7, 11) is 1.68. The standard InChI is InChI=1S/C16H23NO2S/c1-4-11(10-20-3)17-16(18)14-9-13(14)12-7-5-6-8-15(12)19-2/h5-8,11,13-14H,4,9-10H2,1-3H3,(H,17,18)/t11-,13-,14+/m1/s1. The molecule has 20 heavy (non-hydrogen) atoms. The Bertz CT molecular complexity index is 464. The van der Waals surface area contributed by atoms with Gasteiger partial charge in [0.2, 0.25) is 5.91 Å². The first kappa shape index (κ1) is 15.2. The van der Waals surface area contributed by atoms with Crippen LogP contribution >= 0.6 is 11.8 Å². The molecule has 1 aromatic rings. The van der Waals surface area contributed by atoms with Gasteiger partial charge in [0, 0.05) is 17.7 Å². The Hall–Kier alpha value is -1.16. The van der Waals surface area contributed by atoms with Crippen LogP contribution < -0.4 is 10.1 Å². The predicted octanol–water partition coefficient (Wildman–Crippen LogP) is 3.06. The Labute approximate surface area is 125 Å². The third-order valence-corrected chi connectivity index (χ3v) is 4.61. The molecule has 0 aliphatic heterocycles. The highest BCUT2D eigenvalue weighted by Crippen LogP contribution is 2.50. The predicted molar refractivity (Wildman–Crippen MR) is 84.4 cm³/mol. The third kappa shape index (κ3) is 3.48. The summed E-state index contributed by atoms with van der Waals surface area (Å²) < 4.78 is 5.38. The number of ether oxygens (including phenoxy) is 1. The number of methoxy groups -OCH3 is 1. The summed E-state index contributed by atoms with van der Waals surface area (Å²) in [4.78, 5) is 12.3. The molecule has 1 N–H and O–H groups in total. The zero-order valence-electron chi connectivity index (χ0n) is 12.4. The fourth-order valence-electron chi connectivity index (χ4n) is 2.57. The Morgan fingerprint density at radius 2 is 2.25 bits per heavy atom. The summed E-state index contributed by atoms with van der Waals surface area (Å²) in [5.41, 5.74) is 1.16. The minimum Gasteiger partial charge on any atom is -0.496 e. The lowest BCUT2D eigenvalue weighted by Gasteiger charge is -2.16. The molecule has 0 saturated heterocycles. The van der Waals surface area contributed by atoms with Gasteiger partial charge in [-0.3, -0.25) is 4.79 Å². The molecule has 1 saturated carbocycles. The van der Waals surface area contributed by atoms with E-state index in [9.17, 15) is 4.79 Å². The second-order valence-electron chi connectivity index (χ2n) is 5.26. The molecule has 0 aromatic heterocycles. The van der Waals surface area contributed by atoms with Crippen LogP contribution in [0.1, 0.15) is 31.2 Å². The molecule has 1 amide bonds. The number of hydrogen-bond acceptors (Lipinski definition) is 3. The minimum atomic E-state index is 0.113. The molecule has 0 unspecified atom stereocenters. The van der Waals surface area contributed by atoms with Crippen LogP contribution in [-0.2, 0) is 4.79 Å². The van der Waals surface area contributed by atoms with Gasteiger partial charge in [-0.05, 0) is 36.6 Å². The molecule has 0 bridgehead atoms. The average molecular weight is 293 g/mol. The molecule has 4 heteroatoms. The first-order chi connectivity index (χ1) is 9.71. The first-order valence-corrected chi connectivity index (χ1v) is 8.52. The highest BCUT2D eigenvalue weighted by molar-refractivity contribution is 7.98. The highest BCUT2D eigenvalue weighted by atomic mass is 32.2. The van der Waals surface area contributed by atoms with Crippen molar-refractivity contribution in [3.63, 3.8) is 0 Å². The van der Waals surface area contributed by atoms with E-state index in [2.05, 4.69) is 24.6 Å². The number of rotatable bonds is 7. The maximum absolute atomic E-state index is 12.3. The van der Waals surface area contributed by atoms with E-state index in [1.54, 1.807) is 18.9 Å². The maximum atomic E-state index is 12.3. The first-order valence-electron chi connectivity index (χ1n) is 7.13. The number of nitrogens with one attached hydrogen (secondary N) is 1. The third-order valence-electron chi connectivity index (χ3n) is 3.87. The van der Waals surface area contributed by atoms with Gasteiger partial charge in [0.15, 0.2) is 0 Å². The summed E-state index contributed by atoms with van der Waals surface area (Å²) in [6, 6.07) is 8.29. The molecule has 3 nitrogen and oxygen atoms in total. The molecule has 0 spiro atoms. The van der Waals surface area contributed by atoms with Crippen LogP contribution in [0.25, 0.3) is 0 Å². The van der Waals surface area contributed by atoms with Crippen LogP contribution in [0.3, 0.4) is 0 Å². The van der Waals surface area contributed by atoms with E-state index in [1.165, 1.54) is 0 Å². The van der Waals surface area contributed by atoms with Crippen molar-refractivity contribution in [2.24, 2.45) is 5.92 Å². The Morgan fingerprint density at radius 1 is 1.50 bits per heavy atom. The summed E-state index contributed by atoms with van der Waals surface area (Å²) in [5.74, 6) is 2.50. The summed E-state index contributed by atoms with van der Waals surface area (Å²) in [5, 5.41) is 3.17. The van der Waals surface area contributed by atoms with Crippen molar-refractivity contribution >= 4 is 17.7 Å². The fraction of sp³-hybridized carbons (Fsp3) is 0.562. The second kappa shape index (κ2) is 7.02. The van der Waals surface area contributed by atoms with E-state index >= 15 is 0 Å². The number of carbonyl (C=O) groups is 1. The summed E-state index contributed by atoms with van der Waals surface area (Å²) >= 11 is 1.78. The molecular weight excluding hydrogens is 270 g/mol. The molecule has 0 radical (unpaired) electrons. The molecule has 110 valence electrons. The molecule has 1 fully saturated rings. The highest BCUT2D eigenvalue weighted by Gasteiger charge is 2.45. The van der Waals surface area contributed by atoms with E-state index in [4.69, 9.17) is 4.74 Å². The van der Waals surface area contributed by atoms with Gasteiger partial charge < -0.3 is 10.1 Å². The van der Waals surface area contributed by atoms with Crippen LogP contribution in [0.4, 0.5) is 0 Å². The normalized spacial score (nSPS) is 22.1. The number of hydrogen-bond donors (Lipinski definition) is 1. The van der Waals surface area contributed by atoms with Crippen molar-refractivity contribution in [3.05, 3.63) is 29.8 Å². The zero-order chi connectivity index (χ0) is 14.5. The maximum Gasteiger partial charge on any atom is 0.223 e. The van der Waals surface area contributed by atoms with E-state index in [1.807, 2.05) is 18.2 Å². The van der Waals surface area contributed by atoms with Gasteiger partial charge in [0.05, 0.1) is 7.11 Å². The number of amides is 1. The SMILES string of the molecule is CC[C@H](CSC)NC(=O)[C@H]1C[C@@H]1c1ccccc1OC. The lowest BCUT2D eigenvalue weighted by Crippen LogP contribution is -2.37. The van der Waals surface area contributed by atoms with Crippen molar-refractivity contribution in [3.8, 4) is 5.75 Å². The second-order valence-corrected chi connectivity index (χ2v) is 6.17. The average Bonchev–Trinajstić information content (AvgIpc) is 3.27. The van der Waals surface area contributed by atoms with E-state index in [0.717, 1.165) is 29.9 Å². The number of thioether (sulfide) groups is 1. The molecule has 1 aliphatic rings. The van der Waals surface area contributed by atoms with Gasteiger partial charge >= 0.3 is 0 Å². The van der Waals surface area contributed by atoms with Gasteiger partial charge in [0.25, 0.3) is 0 Å². The molecule has 3 atom stereocenters. The summed E-state index contributed by atoms with van der Waals surface area (Å²) in [6.45, 7) is 2.12. The van der Waals surface area contributed by atoms with E-state index in [0.29, 0.717) is 5.92 Å². The summed E-state index contributed by atoms with van der Waals surface area (Å²) in [6.07, 6.45) is 3.99. The van der Waals surface area contributed by atoms with Crippen molar-refractivity contribution in [1.82, 2.24) is 5.32 Å². The van der Waals surface area contributed by atoms with E-state index < -0.39 is 0 Å². The van der Waals surface area contributed by atoms with Crippen molar-refractivity contribution in [1.29, 1.82) is 0 Å². The van der Waals surface area contributed by atoms with Gasteiger partial charge in [-0.15, -0.1) is 0 Å². The van der Waals surface area contributed by atoms with Crippen LogP contribution in [0.2, 0.25) is 0 Å². The molecule has 2 rings (SSSR count). The number of benzene rings is 1. The molecule has 1 aromatic carbocycles. The Morgan fingerprint density at radius 3 is 2.90 bits per heavy atom. The number of para-hydroxylation sites is 1. The van der Waals surface area contributed by atoms with Crippen LogP contribution in [0.15, 0.2) is 24.3 Å². The quantitative estimate of drug-likeness (QED) is 0.839. The van der Waals surface area contributed by atoms with Gasteiger partial charge in [-0.2, -0.15) is 11.8 Å². The molecule has 0 heterocycles. The van der Waals surface area contributed by atoms with Gasteiger partial charge in [0.1, 0.15) is 5.75 Å². The largest absolute Gasteiger partial charge is 0.496 e. The van der Waals surface area contributed by atoms with Crippen LogP contribution in [0, 0.1) is 5.92 Å². The van der Waals surface area contributed by atoms with Gasteiger partial charge in [-0.25, -0.2) is 0 Å². The monoisotopic (exact) mass is 293 g/mol. The molecular formula is C16H23NO2S. The van der Waals surface area contributed by atoms with E-state index in [-0.39, 0.29) is 17.9 Å². The lowest BCUT2D eigenvalue weighted by atomic mass is 10.1. The topological polar surface area (TPSA) is 38.3 Å². The van der Waals surface area contributed by atoms with Crippen molar-refractivity contribution in [2.75, 3.05) is 19.1 Å². The fourth-order valence-corrected chi connectivity index (χ4v) is 3.29. The zero-order valence-corrected chi connectivity index (χ0v) is 13.2. The van der Waals surface area contributed by atoms with Crippen LogP contribution in [0.5, 0.6) is 5.75 Å². The minimum absolute atomic E-state index is 0.113. The Balaban J connectivity index is 1.95. The van der Waals surface area contributed by atoms with Crippen molar-refractivity contribution < 1.29 is 9.53 Å². The lowest BCUT2D eigenvalue weighted by molar-refractivity contribution is -0.123. The Kier molecular flexibility index (Phi) is 5.35. The number of carbonyl (C=O) groups excluding carboxylic acids is 1. The van der Waals surface area contributed by atoms with Crippen molar-refractivity contribution in [2.45, 2.75) is 31.7 Å². The molecule has 1 aliphatic carbocycles. The van der Waals surface area contributed by atoms with Crippen LogP contribution in [-0.4, -0.2) is 31.1 Å². The smallest absolute Gasteiger partial charge is 0.223 e. The van der Waals surface area contributed by atoms with Gasteiger partial charge in [-0.1, -0.05) is 25.1 Å².